The fourth-order valence-corrected chi connectivity index (χ4v) is 2.00. The molecule has 2 amide bonds. The van der Waals surface area contributed by atoms with E-state index in [1.54, 1.807) is 38.1 Å². The van der Waals surface area contributed by atoms with Crippen LogP contribution in [0.2, 0.25) is 0 Å². The summed E-state index contributed by atoms with van der Waals surface area (Å²) in [5.41, 5.74) is 0.513. The first-order valence-electron chi connectivity index (χ1n) is 8.21. The van der Waals surface area contributed by atoms with Crippen molar-refractivity contribution in [3.63, 3.8) is 0 Å². The number of likely N-dealkylation sites (N-methyl/N-ethyl adjacent to an activating group) is 1. The summed E-state index contributed by atoms with van der Waals surface area (Å²) in [5.74, 6) is -0.298. The Morgan fingerprint density at radius 2 is 1.84 bits per heavy atom. The first-order valence-corrected chi connectivity index (χ1v) is 8.21. The Balaban J connectivity index is 2.51. The molecule has 0 radical (unpaired) electrons. The third-order valence-electron chi connectivity index (χ3n) is 3.53. The van der Waals surface area contributed by atoms with Crippen LogP contribution >= 0.6 is 0 Å². The van der Waals surface area contributed by atoms with Gasteiger partial charge in [-0.1, -0.05) is 12.1 Å². The second-order valence-electron chi connectivity index (χ2n) is 6.17. The number of carbonyl (C=O) groups is 3. The molecule has 1 aromatic rings. The van der Waals surface area contributed by atoms with Gasteiger partial charge in [-0.25, -0.2) is 0 Å². The number of ether oxygens (including phenoxy) is 1. The van der Waals surface area contributed by atoms with Crippen LogP contribution in [0.15, 0.2) is 24.3 Å². The van der Waals surface area contributed by atoms with Crippen molar-refractivity contribution in [2.75, 3.05) is 27.2 Å². The van der Waals surface area contributed by atoms with Gasteiger partial charge in [-0.2, -0.15) is 0 Å². The SMILES string of the molecule is CC(=O)c1cccc(O[C@@H](C)C(=O)N[C@H](C)C(=O)NCCN(C)C)c1. The molecule has 25 heavy (non-hydrogen) atoms. The highest BCUT2D eigenvalue weighted by Gasteiger charge is 2.20. The lowest BCUT2D eigenvalue weighted by Crippen LogP contribution is -2.49. The number of rotatable bonds is 9. The molecule has 2 atom stereocenters. The van der Waals surface area contributed by atoms with Crippen LogP contribution in [0.4, 0.5) is 0 Å². The Hall–Kier alpha value is -2.41. The van der Waals surface area contributed by atoms with Crippen molar-refractivity contribution < 1.29 is 19.1 Å². The summed E-state index contributed by atoms with van der Waals surface area (Å²) >= 11 is 0. The molecule has 0 spiro atoms. The Morgan fingerprint density at radius 1 is 1.16 bits per heavy atom. The van der Waals surface area contributed by atoms with Crippen molar-refractivity contribution in [3.8, 4) is 5.75 Å². The maximum absolute atomic E-state index is 12.2. The number of nitrogens with zero attached hydrogens (tertiary/aromatic N) is 1. The summed E-state index contributed by atoms with van der Waals surface area (Å²) in [5, 5.41) is 5.37. The lowest BCUT2D eigenvalue weighted by atomic mass is 10.1. The van der Waals surface area contributed by atoms with Crippen molar-refractivity contribution in [1.29, 1.82) is 0 Å². The third-order valence-corrected chi connectivity index (χ3v) is 3.53. The minimum atomic E-state index is -0.792. The van der Waals surface area contributed by atoms with Crippen LogP contribution in [-0.2, 0) is 9.59 Å². The third kappa shape index (κ3) is 7.34. The van der Waals surface area contributed by atoms with Crippen molar-refractivity contribution >= 4 is 17.6 Å². The summed E-state index contributed by atoms with van der Waals surface area (Å²) < 4.78 is 5.56. The minimum Gasteiger partial charge on any atom is -0.481 e. The first-order chi connectivity index (χ1) is 11.7. The monoisotopic (exact) mass is 349 g/mol. The highest BCUT2D eigenvalue weighted by atomic mass is 16.5. The topological polar surface area (TPSA) is 87.7 Å². The number of carbonyl (C=O) groups excluding carboxylic acids is 3. The molecule has 0 aliphatic carbocycles. The number of hydrogen-bond donors (Lipinski definition) is 2. The van der Waals surface area contributed by atoms with Crippen molar-refractivity contribution in [2.45, 2.75) is 32.9 Å². The molecule has 0 aliphatic rings. The van der Waals surface area contributed by atoms with Crippen LogP contribution in [0, 0.1) is 0 Å². The molecular formula is C18H27N3O4. The van der Waals surface area contributed by atoms with E-state index in [9.17, 15) is 14.4 Å². The van der Waals surface area contributed by atoms with Crippen molar-refractivity contribution in [1.82, 2.24) is 15.5 Å². The van der Waals surface area contributed by atoms with E-state index in [-0.39, 0.29) is 11.7 Å². The van der Waals surface area contributed by atoms with E-state index in [0.29, 0.717) is 17.9 Å². The summed E-state index contributed by atoms with van der Waals surface area (Å²) in [7, 11) is 3.83. The standard InChI is InChI=1S/C18H27N3O4/c1-12(17(23)19-9-10-21(4)5)20-18(24)14(3)25-16-8-6-7-15(11-16)13(2)22/h6-8,11-12,14H,9-10H2,1-5H3,(H,19,23)(H,20,24)/t12-,14+/m1/s1. The molecule has 0 bridgehead atoms. The molecule has 0 aromatic heterocycles. The first kappa shape index (κ1) is 20.6. The molecule has 138 valence electrons. The predicted octanol–water partition coefficient (Wildman–Crippen LogP) is 0.839. The number of nitrogens with one attached hydrogen (secondary N) is 2. The lowest BCUT2D eigenvalue weighted by Gasteiger charge is -2.19. The van der Waals surface area contributed by atoms with E-state index in [4.69, 9.17) is 4.74 Å². The Kier molecular flexibility index (Phi) is 8.07. The van der Waals surface area contributed by atoms with Crippen LogP contribution < -0.4 is 15.4 Å². The van der Waals surface area contributed by atoms with E-state index in [0.717, 1.165) is 6.54 Å². The van der Waals surface area contributed by atoms with Gasteiger partial charge in [-0.15, -0.1) is 0 Å². The van der Waals surface area contributed by atoms with Crippen molar-refractivity contribution in [3.05, 3.63) is 29.8 Å². The number of Topliss-reactive ketones (excluding diaryl/α,β-unsaturated/α-hetero) is 1. The Bertz CT molecular complexity index is 616. The fraction of sp³-hybridized carbons (Fsp3) is 0.500. The summed E-state index contributed by atoms with van der Waals surface area (Å²) in [6.45, 7) is 5.90. The molecule has 1 aromatic carbocycles. The van der Waals surface area contributed by atoms with Crippen LogP contribution in [0.1, 0.15) is 31.1 Å². The zero-order valence-electron chi connectivity index (χ0n) is 15.5. The van der Waals surface area contributed by atoms with E-state index in [1.807, 2.05) is 19.0 Å². The van der Waals surface area contributed by atoms with Gasteiger partial charge >= 0.3 is 0 Å². The smallest absolute Gasteiger partial charge is 0.261 e. The molecule has 1 rings (SSSR count). The zero-order valence-corrected chi connectivity index (χ0v) is 15.5. The molecule has 0 unspecified atom stereocenters. The number of amides is 2. The summed E-state index contributed by atoms with van der Waals surface area (Å²) in [6.07, 6.45) is -0.792. The van der Waals surface area contributed by atoms with Gasteiger partial charge < -0.3 is 20.3 Å². The molecule has 0 saturated carbocycles. The van der Waals surface area contributed by atoms with E-state index in [1.165, 1.54) is 6.92 Å². The molecule has 7 nitrogen and oxygen atoms in total. The Morgan fingerprint density at radius 3 is 2.44 bits per heavy atom. The second kappa shape index (κ2) is 9.78. The van der Waals surface area contributed by atoms with Crippen molar-refractivity contribution in [2.24, 2.45) is 0 Å². The Labute approximate surface area is 148 Å². The van der Waals surface area contributed by atoms with Gasteiger partial charge in [-0.05, 0) is 47.0 Å². The predicted molar refractivity (Wildman–Crippen MR) is 95.7 cm³/mol. The van der Waals surface area contributed by atoms with Gasteiger partial charge in [0.1, 0.15) is 11.8 Å². The molecule has 0 saturated heterocycles. The number of ketones is 1. The van der Waals surface area contributed by atoms with E-state index < -0.39 is 18.1 Å². The maximum Gasteiger partial charge on any atom is 0.261 e. The minimum absolute atomic E-state index is 0.0782. The highest BCUT2D eigenvalue weighted by Crippen LogP contribution is 2.15. The summed E-state index contributed by atoms with van der Waals surface area (Å²) in [6, 6.07) is 5.97. The zero-order chi connectivity index (χ0) is 19.0. The molecule has 0 fully saturated rings. The van der Waals surface area contributed by atoms with Gasteiger partial charge in [0, 0.05) is 18.7 Å². The molecule has 0 aliphatic heterocycles. The largest absolute Gasteiger partial charge is 0.481 e. The molecule has 2 N–H and O–H groups in total. The van der Waals surface area contributed by atoms with Crippen LogP contribution in [0.5, 0.6) is 5.75 Å². The van der Waals surface area contributed by atoms with Gasteiger partial charge in [0.2, 0.25) is 5.91 Å². The van der Waals surface area contributed by atoms with Crippen LogP contribution in [0.25, 0.3) is 0 Å². The van der Waals surface area contributed by atoms with Gasteiger partial charge in [0.25, 0.3) is 5.91 Å². The van der Waals surface area contributed by atoms with Crippen LogP contribution in [0.3, 0.4) is 0 Å². The maximum atomic E-state index is 12.2. The lowest BCUT2D eigenvalue weighted by molar-refractivity contribution is -0.132. The summed E-state index contributed by atoms with van der Waals surface area (Å²) in [4.78, 5) is 37.4. The number of hydrogen-bond acceptors (Lipinski definition) is 5. The van der Waals surface area contributed by atoms with Gasteiger partial charge in [0.05, 0.1) is 0 Å². The molecular weight excluding hydrogens is 322 g/mol. The number of benzene rings is 1. The molecule has 0 heterocycles. The van der Waals surface area contributed by atoms with Gasteiger partial charge in [-0.3, -0.25) is 14.4 Å². The average molecular weight is 349 g/mol. The normalized spacial score (nSPS) is 13.0. The van der Waals surface area contributed by atoms with E-state index in [2.05, 4.69) is 10.6 Å². The quantitative estimate of drug-likeness (QED) is 0.645. The molecule has 7 heteroatoms. The average Bonchev–Trinajstić information content (AvgIpc) is 2.54. The van der Waals surface area contributed by atoms with Gasteiger partial charge in [0.15, 0.2) is 11.9 Å². The van der Waals surface area contributed by atoms with Crippen LogP contribution in [-0.4, -0.2) is 61.8 Å². The second-order valence-corrected chi connectivity index (χ2v) is 6.17. The van der Waals surface area contributed by atoms with E-state index >= 15 is 0 Å². The fourth-order valence-electron chi connectivity index (χ4n) is 2.00. The highest BCUT2D eigenvalue weighted by molar-refractivity contribution is 5.94.